The lowest BCUT2D eigenvalue weighted by Gasteiger charge is -2.36. The van der Waals surface area contributed by atoms with Crippen LogP contribution in [0.25, 0.3) is 0 Å². The zero-order valence-corrected chi connectivity index (χ0v) is 12.6. The minimum Gasteiger partial charge on any atom is -0.384 e. The van der Waals surface area contributed by atoms with Gasteiger partial charge < -0.3 is 14.6 Å². The number of nitrogens with zero attached hydrogens (tertiary/aromatic N) is 2. The van der Waals surface area contributed by atoms with Crippen molar-refractivity contribution in [2.45, 2.75) is 51.6 Å². The molecule has 1 N–H and O–H groups in total. The van der Waals surface area contributed by atoms with Gasteiger partial charge in [-0.15, -0.1) is 0 Å². The van der Waals surface area contributed by atoms with E-state index in [9.17, 15) is 4.79 Å². The van der Waals surface area contributed by atoms with E-state index in [1.54, 1.807) is 13.3 Å². The topological polar surface area (TPSA) is 56.1 Å². The van der Waals surface area contributed by atoms with Crippen LogP contribution >= 0.6 is 0 Å². The number of imidazole rings is 1. The molecule has 5 heteroatoms. The average Bonchev–Trinajstić information content (AvgIpc) is 2.87. The maximum Gasteiger partial charge on any atom is 0.222 e. The second kappa shape index (κ2) is 6.88. The summed E-state index contributed by atoms with van der Waals surface area (Å²) in [6.07, 6.45) is 6.47. The third kappa shape index (κ3) is 3.60. The number of hydrogen-bond donors (Lipinski definition) is 1. The van der Waals surface area contributed by atoms with E-state index < -0.39 is 0 Å². The lowest BCUT2D eigenvalue weighted by Crippen LogP contribution is -2.48. The van der Waals surface area contributed by atoms with E-state index in [1.807, 2.05) is 6.20 Å². The molecule has 1 aromatic rings. The van der Waals surface area contributed by atoms with Crippen LogP contribution in [0.3, 0.4) is 0 Å². The van der Waals surface area contributed by atoms with Gasteiger partial charge in [-0.1, -0.05) is 13.8 Å². The molecule has 1 aliphatic carbocycles. The van der Waals surface area contributed by atoms with Crippen LogP contribution in [0.1, 0.15) is 44.9 Å². The molecule has 1 aromatic heterocycles. The Labute approximate surface area is 120 Å². The monoisotopic (exact) mass is 279 g/mol. The van der Waals surface area contributed by atoms with Crippen molar-refractivity contribution in [3.05, 3.63) is 18.2 Å². The number of hydrogen-bond acceptors (Lipinski definition) is 3. The van der Waals surface area contributed by atoms with Crippen LogP contribution in [-0.4, -0.2) is 35.2 Å². The van der Waals surface area contributed by atoms with E-state index in [2.05, 4.69) is 28.7 Å². The van der Waals surface area contributed by atoms with Gasteiger partial charge in [-0.25, -0.2) is 4.98 Å². The lowest BCUT2D eigenvalue weighted by molar-refractivity contribution is -0.123. The van der Waals surface area contributed by atoms with Crippen LogP contribution in [0.2, 0.25) is 0 Å². The molecule has 0 aliphatic heterocycles. The van der Waals surface area contributed by atoms with Crippen molar-refractivity contribution in [2.75, 3.05) is 13.7 Å². The van der Waals surface area contributed by atoms with Gasteiger partial charge in [0.15, 0.2) is 0 Å². The van der Waals surface area contributed by atoms with Gasteiger partial charge in [0.25, 0.3) is 0 Å². The second-order valence-corrected chi connectivity index (χ2v) is 5.85. The fourth-order valence-corrected chi connectivity index (χ4v) is 2.68. The Morgan fingerprint density at radius 1 is 1.55 bits per heavy atom. The molecule has 1 amide bonds. The van der Waals surface area contributed by atoms with Crippen LogP contribution in [0.4, 0.5) is 0 Å². The molecule has 1 fully saturated rings. The first-order valence-electron chi connectivity index (χ1n) is 7.41. The van der Waals surface area contributed by atoms with Gasteiger partial charge in [-0.05, 0) is 12.8 Å². The van der Waals surface area contributed by atoms with Crippen LogP contribution in [0.5, 0.6) is 0 Å². The standard InChI is InChI=1S/C15H25N3O2/c1-11(2)15-16-7-9-18(15)8-6-14(19)17-13-5-4-12(13)10-20-3/h7,9,11-13H,4-6,8,10H2,1-3H3,(H,17,19)/t12-,13-/m1/s1. The lowest BCUT2D eigenvalue weighted by atomic mass is 9.80. The molecule has 0 saturated heterocycles. The van der Waals surface area contributed by atoms with Crippen LogP contribution < -0.4 is 5.32 Å². The third-order valence-electron chi connectivity index (χ3n) is 3.99. The molecule has 0 bridgehead atoms. The molecule has 1 saturated carbocycles. The van der Waals surface area contributed by atoms with Crippen molar-refractivity contribution in [3.63, 3.8) is 0 Å². The fraction of sp³-hybridized carbons (Fsp3) is 0.733. The number of rotatable bonds is 7. The number of ether oxygens (including phenoxy) is 1. The highest BCUT2D eigenvalue weighted by Crippen LogP contribution is 2.27. The Balaban J connectivity index is 1.76. The first kappa shape index (κ1) is 15.0. The molecule has 0 unspecified atom stereocenters. The summed E-state index contributed by atoms with van der Waals surface area (Å²) in [5.41, 5.74) is 0. The van der Waals surface area contributed by atoms with Crippen molar-refractivity contribution >= 4 is 5.91 Å². The largest absolute Gasteiger partial charge is 0.384 e. The number of carbonyl (C=O) groups is 1. The van der Waals surface area contributed by atoms with Gasteiger partial charge in [0.1, 0.15) is 5.82 Å². The molecule has 0 spiro atoms. The molecule has 2 rings (SSSR count). The van der Waals surface area contributed by atoms with Crippen LogP contribution in [0.15, 0.2) is 12.4 Å². The zero-order valence-electron chi connectivity index (χ0n) is 12.6. The molecule has 112 valence electrons. The SMILES string of the molecule is COC[C@H]1CC[C@H]1NC(=O)CCn1ccnc1C(C)C. The summed E-state index contributed by atoms with van der Waals surface area (Å²) < 4.78 is 7.22. The van der Waals surface area contributed by atoms with E-state index in [-0.39, 0.29) is 5.91 Å². The van der Waals surface area contributed by atoms with E-state index in [1.165, 1.54) is 0 Å². The number of carbonyl (C=O) groups excluding carboxylic acids is 1. The van der Waals surface area contributed by atoms with Gasteiger partial charge in [0, 0.05) is 50.3 Å². The molecule has 2 atom stereocenters. The predicted molar refractivity (Wildman–Crippen MR) is 77.5 cm³/mol. The third-order valence-corrected chi connectivity index (χ3v) is 3.99. The van der Waals surface area contributed by atoms with Crippen molar-refractivity contribution in [1.29, 1.82) is 0 Å². The minimum atomic E-state index is 0.124. The average molecular weight is 279 g/mol. The Morgan fingerprint density at radius 2 is 2.35 bits per heavy atom. The van der Waals surface area contributed by atoms with Crippen molar-refractivity contribution in [1.82, 2.24) is 14.9 Å². The fourth-order valence-electron chi connectivity index (χ4n) is 2.68. The Hall–Kier alpha value is -1.36. The highest BCUT2D eigenvalue weighted by Gasteiger charge is 2.31. The molecule has 1 heterocycles. The maximum absolute atomic E-state index is 12.0. The maximum atomic E-state index is 12.0. The summed E-state index contributed by atoms with van der Waals surface area (Å²) >= 11 is 0. The predicted octanol–water partition coefficient (Wildman–Crippen LogP) is 1.94. The number of nitrogens with one attached hydrogen (secondary N) is 1. The molecular formula is C15H25N3O2. The van der Waals surface area contributed by atoms with Gasteiger partial charge >= 0.3 is 0 Å². The van der Waals surface area contributed by atoms with Gasteiger partial charge in [-0.3, -0.25) is 4.79 Å². The first-order valence-corrected chi connectivity index (χ1v) is 7.41. The number of aromatic nitrogens is 2. The molecular weight excluding hydrogens is 254 g/mol. The normalized spacial score (nSPS) is 21.8. The molecule has 1 aliphatic rings. The Morgan fingerprint density at radius 3 is 2.95 bits per heavy atom. The number of methoxy groups -OCH3 is 1. The van der Waals surface area contributed by atoms with E-state index in [0.29, 0.717) is 30.8 Å². The van der Waals surface area contributed by atoms with Crippen molar-refractivity contribution < 1.29 is 9.53 Å². The molecule has 0 aromatic carbocycles. The molecule has 0 radical (unpaired) electrons. The van der Waals surface area contributed by atoms with Crippen LogP contribution in [-0.2, 0) is 16.1 Å². The Bertz CT molecular complexity index is 442. The highest BCUT2D eigenvalue weighted by molar-refractivity contribution is 5.76. The molecule has 20 heavy (non-hydrogen) atoms. The smallest absolute Gasteiger partial charge is 0.222 e. The summed E-state index contributed by atoms with van der Waals surface area (Å²) in [5.74, 6) is 2.03. The quantitative estimate of drug-likeness (QED) is 0.830. The first-order chi connectivity index (χ1) is 9.61. The van der Waals surface area contributed by atoms with E-state index in [4.69, 9.17) is 4.74 Å². The summed E-state index contributed by atoms with van der Waals surface area (Å²) in [6.45, 7) is 5.66. The van der Waals surface area contributed by atoms with Crippen molar-refractivity contribution in [3.8, 4) is 0 Å². The summed E-state index contributed by atoms with van der Waals surface area (Å²) in [7, 11) is 1.71. The van der Waals surface area contributed by atoms with Crippen LogP contribution in [0, 0.1) is 5.92 Å². The van der Waals surface area contributed by atoms with Crippen molar-refractivity contribution in [2.24, 2.45) is 5.92 Å². The Kier molecular flexibility index (Phi) is 5.17. The van der Waals surface area contributed by atoms with Gasteiger partial charge in [0.2, 0.25) is 5.91 Å². The second-order valence-electron chi connectivity index (χ2n) is 5.85. The van der Waals surface area contributed by atoms with E-state index >= 15 is 0 Å². The van der Waals surface area contributed by atoms with E-state index in [0.717, 1.165) is 25.3 Å². The molecule has 5 nitrogen and oxygen atoms in total. The summed E-state index contributed by atoms with van der Waals surface area (Å²) in [5, 5.41) is 3.11. The zero-order chi connectivity index (χ0) is 14.5. The highest BCUT2D eigenvalue weighted by atomic mass is 16.5. The van der Waals surface area contributed by atoms with Gasteiger partial charge in [0.05, 0.1) is 6.61 Å². The summed E-state index contributed by atoms with van der Waals surface area (Å²) in [4.78, 5) is 16.3. The number of aryl methyl sites for hydroxylation is 1. The number of amides is 1. The van der Waals surface area contributed by atoms with Gasteiger partial charge in [-0.2, -0.15) is 0 Å². The minimum absolute atomic E-state index is 0.124. The summed E-state index contributed by atoms with van der Waals surface area (Å²) in [6, 6.07) is 0.301.